The molecule has 2 aromatic carbocycles. The summed E-state index contributed by atoms with van der Waals surface area (Å²) in [5.41, 5.74) is 1.39. The third-order valence-corrected chi connectivity index (χ3v) is 5.28. The Kier molecular flexibility index (Phi) is 5.31. The molecule has 1 heterocycles. The molecule has 126 valence electrons. The quantitative estimate of drug-likeness (QED) is 0.772. The fraction of sp³-hybridized carbons (Fsp3) is 0.278. The summed E-state index contributed by atoms with van der Waals surface area (Å²) in [6.45, 7) is 2.68. The van der Waals surface area contributed by atoms with Crippen LogP contribution in [0.3, 0.4) is 0 Å². The van der Waals surface area contributed by atoms with Gasteiger partial charge in [0.25, 0.3) is 0 Å². The molecule has 0 aromatic heterocycles. The summed E-state index contributed by atoms with van der Waals surface area (Å²) in [6.07, 6.45) is 0. The van der Waals surface area contributed by atoms with Gasteiger partial charge in [-0.25, -0.2) is 4.39 Å². The zero-order valence-corrected chi connectivity index (χ0v) is 14.7. The van der Waals surface area contributed by atoms with Gasteiger partial charge in [0.2, 0.25) is 5.91 Å². The number of benzene rings is 2. The van der Waals surface area contributed by atoms with Gasteiger partial charge in [-0.05, 0) is 25.1 Å². The van der Waals surface area contributed by atoms with Crippen LogP contribution in [0.25, 0.3) is 0 Å². The molecule has 0 aliphatic carbocycles. The fourth-order valence-corrected chi connectivity index (χ4v) is 4.06. The maximum atomic E-state index is 14.1. The van der Waals surface area contributed by atoms with E-state index in [1.165, 1.54) is 17.8 Å². The van der Waals surface area contributed by atoms with E-state index in [0.29, 0.717) is 22.9 Å². The average Bonchev–Trinajstić information content (AvgIpc) is 2.92. The number of thioether (sulfide) groups is 1. The van der Waals surface area contributed by atoms with Gasteiger partial charge in [-0.15, -0.1) is 11.8 Å². The van der Waals surface area contributed by atoms with Crippen LogP contribution in [0.15, 0.2) is 42.5 Å². The number of amides is 1. The summed E-state index contributed by atoms with van der Waals surface area (Å²) in [5, 5.41) is 0.159. The van der Waals surface area contributed by atoms with Gasteiger partial charge < -0.3 is 9.64 Å². The maximum Gasteiger partial charge on any atom is 0.234 e. The number of para-hydroxylation sites is 1. The van der Waals surface area contributed by atoms with E-state index in [0.717, 1.165) is 11.3 Å². The number of halogens is 2. The second kappa shape index (κ2) is 7.45. The topological polar surface area (TPSA) is 29.5 Å². The smallest absolute Gasteiger partial charge is 0.234 e. The Morgan fingerprint density at radius 2 is 2.12 bits per heavy atom. The summed E-state index contributed by atoms with van der Waals surface area (Å²) in [5.74, 6) is 0.726. The minimum atomic E-state index is -0.399. The van der Waals surface area contributed by atoms with Crippen molar-refractivity contribution in [2.24, 2.45) is 0 Å². The highest BCUT2D eigenvalue weighted by atomic mass is 35.5. The molecule has 0 saturated carbocycles. The van der Waals surface area contributed by atoms with E-state index in [1.54, 1.807) is 17.0 Å². The lowest BCUT2D eigenvalue weighted by molar-refractivity contribution is -0.128. The van der Waals surface area contributed by atoms with Gasteiger partial charge in [-0.1, -0.05) is 35.9 Å². The second-order valence-electron chi connectivity index (χ2n) is 5.39. The highest BCUT2D eigenvalue weighted by Crippen LogP contribution is 2.43. The SMILES string of the molecule is CCOc1ccccc1C1SCC(=O)N1Cc1ccc(Cl)cc1F. The summed E-state index contributed by atoms with van der Waals surface area (Å²) in [6, 6.07) is 12.2. The van der Waals surface area contributed by atoms with Crippen LogP contribution in [0, 0.1) is 5.82 Å². The lowest BCUT2D eigenvalue weighted by Crippen LogP contribution is -2.28. The number of nitrogens with zero attached hydrogens (tertiary/aromatic N) is 1. The predicted molar refractivity (Wildman–Crippen MR) is 94.8 cm³/mol. The van der Waals surface area contributed by atoms with Crippen LogP contribution in [0.4, 0.5) is 4.39 Å². The van der Waals surface area contributed by atoms with Crippen molar-refractivity contribution in [3.8, 4) is 5.75 Å². The molecule has 3 rings (SSSR count). The van der Waals surface area contributed by atoms with Gasteiger partial charge in [0.1, 0.15) is 16.9 Å². The lowest BCUT2D eigenvalue weighted by atomic mass is 10.1. The summed E-state index contributed by atoms with van der Waals surface area (Å²) >= 11 is 7.33. The molecule has 24 heavy (non-hydrogen) atoms. The molecule has 1 amide bonds. The van der Waals surface area contributed by atoms with E-state index in [-0.39, 0.29) is 17.8 Å². The maximum absolute atomic E-state index is 14.1. The number of carbonyl (C=O) groups is 1. The summed E-state index contributed by atoms with van der Waals surface area (Å²) in [4.78, 5) is 14.0. The average molecular weight is 366 g/mol. The van der Waals surface area contributed by atoms with Crippen LogP contribution in [0.1, 0.15) is 23.4 Å². The molecule has 3 nitrogen and oxygen atoms in total. The van der Waals surface area contributed by atoms with Gasteiger partial charge in [-0.3, -0.25) is 4.79 Å². The van der Waals surface area contributed by atoms with Crippen LogP contribution in [0.2, 0.25) is 5.02 Å². The molecular formula is C18H17ClFNO2S. The Morgan fingerprint density at radius 1 is 1.33 bits per heavy atom. The Hall–Kier alpha value is -1.72. The Labute approximate surface area is 149 Å². The highest BCUT2D eigenvalue weighted by Gasteiger charge is 2.34. The fourth-order valence-electron chi connectivity index (χ4n) is 2.69. The highest BCUT2D eigenvalue weighted by molar-refractivity contribution is 8.00. The molecule has 1 unspecified atom stereocenters. The Morgan fingerprint density at radius 3 is 2.88 bits per heavy atom. The standard InChI is InChI=1S/C18H17ClFNO2S/c1-2-23-16-6-4-3-5-14(16)18-21(17(22)11-24-18)10-12-7-8-13(19)9-15(12)20/h3-9,18H,2,10-11H2,1H3. The zero-order valence-electron chi connectivity index (χ0n) is 13.2. The minimum Gasteiger partial charge on any atom is -0.493 e. The van der Waals surface area contributed by atoms with E-state index in [9.17, 15) is 9.18 Å². The molecular weight excluding hydrogens is 349 g/mol. The minimum absolute atomic E-state index is 0.00866. The third-order valence-electron chi connectivity index (χ3n) is 3.81. The molecule has 6 heteroatoms. The van der Waals surface area contributed by atoms with Crippen molar-refractivity contribution < 1.29 is 13.9 Å². The monoisotopic (exact) mass is 365 g/mol. The molecule has 2 aromatic rings. The molecule has 1 aliphatic rings. The van der Waals surface area contributed by atoms with Gasteiger partial charge >= 0.3 is 0 Å². The van der Waals surface area contributed by atoms with E-state index >= 15 is 0 Å². The normalized spacial score (nSPS) is 17.4. The van der Waals surface area contributed by atoms with E-state index < -0.39 is 5.82 Å². The van der Waals surface area contributed by atoms with Crippen molar-refractivity contribution in [2.75, 3.05) is 12.4 Å². The Bertz CT molecular complexity index is 756. The van der Waals surface area contributed by atoms with E-state index in [4.69, 9.17) is 16.3 Å². The van der Waals surface area contributed by atoms with Crippen LogP contribution in [-0.4, -0.2) is 23.2 Å². The number of rotatable bonds is 5. The van der Waals surface area contributed by atoms with Gasteiger partial charge in [-0.2, -0.15) is 0 Å². The van der Waals surface area contributed by atoms with Crippen molar-refractivity contribution in [1.82, 2.24) is 4.90 Å². The van der Waals surface area contributed by atoms with Crippen LogP contribution in [0.5, 0.6) is 5.75 Å². The van der Waals surface area contributed by atoms with Gasteiger partial charge in [0.05, 0.1) is 12.4 Å². The van der Waals surface area contributed by atoms with Gasteiger partial charge in [0, 0.05) is 22.7 Å². The first kappa shape index (κ1) is 17.1. The molecule has 0 spiro atoms. The molecule has 0 N–H and O–H groups in total. The van der Waals surface area contributed by atoms with Crippen LogP contribution in [-0.2, 0) is 11.3 Å². The van der Waals surface area contributed by atoms with Crippen LogP contribution < -0.4 is 4.74 Å². The zero-order chi connectivity index (χ0) is 17.1. The third kappa shape index (κ3) is 3.52. The van der Waals surface area contributed by atoms with E-state index in [1.807, 2.05) is 31.2 Å². The molecule has 0 bridgehead atoms. The summed E-state index contributed by atoms with van der Waals surface area (Å²) in [7, 11) is 0. The van der Waals surface area contributed by atoms with Crippen LogP contribution >= 0.6 is 23.4 Å². The lowest BCUT2D eigenvalue weighted by Gasteiger charge is -2.26. The molecule has 1 aliphatic heterocycles. The molecule has 1 atom stereocenters. The van der Waals surface area contributed by atoms with E-state index in [2.05, 4.69) is 0 Å². The summed E-state index contributed by atoms with van der Waals surface area (Å²) < 4.78 is 19.8. The Balaban J connectivity index is 1.90. The largest absolute Gasteiger partial charge is 0.493 e. The molecule has 1 fully saturated rings. The van der Waals surface area contributed by atoms with Crippen molar-refractivity contribution >= 4 is 29.3 Å². The molecule has 1 saturated heterocycles. The van der Waals surface area contributed by atoms with Gasteiger partial charge in [0.15, 0.2) is 0 Å². The number of hydrogen-bond acceptors (Lipinski definition) is 3. The molecule has 0 radical (unpaired) electrons. The first-order valence-corrected chi connectivity index (χ1v) is 9.09. The first-order valence-electron chi connectivity index (χ1n) is 7.67. The van der Waals surface area contributed by atoms with Crippen molar-refractivity contribution in [2.45, 2.75) is 18.8 Å². The number of hydrogen-bond donors (Lipinski definition) is 0. The first-order chi connectivity index (χ1) is 11.6. The number of ether oxygens (including phenoxy) is 1. The van der Waals surface area contributed by atoms with Crippen molar-refractivity contribution in [3.63, 3.8) is 0 Å². The predicted octanol–water partition coefficient (Wildman–Crippen LogP) is 4.65. The number of carbonyl (C=O) groups excluding carboxylic acids is 1. The van der Waals surface area contributed by atoms with Crippen molar-refractivity contribution in [3.05, 3.63) is 64.4 Å². The van der Waals surface area contributed by atoms with Crippen molar-refractivity contribution in [1.29, 1.82) is 0 Å². The second-order valence-corrected chi connectivity index (χ2v) is 6.90.